The van der Waals surface area contributed by atoms with E-state index in [-0.39, 0.29) is 37.8 Å². The molecule has 0 saturated carbocycles. The number of carbonyl (C=O) groups is 3. The smallest absolute Gasteiger partial charge is 0.411 e. The van der Waals surface area contributed by atoms with Crippen molar-refractivity contribution in [3.63, 3.8) is 0 Å². The van der Waals surface area contributed by atoms with E-state index in [1.165, 1.54) is 12.1 Å². The standard InChI is InChI=1S/C41H42FN3O7/c1-26(2)38-37(40(50)43-32-19-13-27(14-20-32)25-52-41(51)44-31-11-7-4-8-12-31)36(28-9-5-3-6-10-28)39(29-15-17-30(42)18-16-29)45(38)22-21-33(46)23-34(47)24-35(48)49/h3-20,26,33-34,46-47H,21-25H2,1-2H3,(H,43,50)(H,44,51)(H,48,49)/t33-,34-/m1/s1. The van der Waals surface area contributed by atoms with Crippen molar-refractivity contribution in [2.24, 2.45) is 0 Å². The molecule has 5 N–H and O–H groups in total. The number of halogens is 1. The Morgan fingerprint density at radius 3 is 2.00 bits per heavy atom. The third-order valence-corrected chi connectivity index (χ3v) is 8.50. The summed E-state index contributed by atoms with van der Waals surface area (Å²) < 4.78 is 21.5. The maximum atomic E-state index is 14.4. The Hall–Kier alpha value is -5.78. The lowest BCUT2D eigenvalue weighted by molar-refractivity contribution is -0.139. The highest BCUT2D eigenvalue weighted by atomic mass is 19.1. The first-order chi connectivity index (χ1) is 25.0. The van der Waals surface area contributed by atoms with Crippen molar-refractivity contribution < 1.29 is 38.8 Å². The lowest BCUT2D eigenvalue weighted by atomic mass is 9.94. The van der Waals surface area contributed by atoms with E-state index in [9.17, 15) is 29.0 Å². The minimum absolute atomic E-state index is 0.0195. The van der Waals surface area contributed by atoms with Gasteiger partial charge in [-0.05, 0) is 84.0 Å². The van der Waals surface area contributed by atoms with Gasteiger partial charge in [-0.15, -0.1) is 0 Å². The molecule has 0 aliphatic rings. The zero-order valence-electron chi connectivity index (χ0n) is 29.0. The predicted molar refractivity (Wildman–Crippen MR) is 197 cm³/mol. The molecule has 0 aliphatic carbocycles. The van der Waals surface area contributed by atoms with E-state index in [1.807, 2.05) is 54.8 Å². The topological polar surface area (TPSA) is 150 Å². The molecule has 2 amide bonds. The number of carbonyl (C=O) groups excluding carboxylic acids is 2. The van der Waals surface area contributed by atoms with Crippen molar-refractivity contribution in [1.29, 1.82) is 0 Å². The number of aromatic nitrogens is 1. The van der Waals surface area contributed by atoms with E-state index in [2.05, 4.69) is 10.6 Å². The molecule has 0 saturated heterocycles. The number of aliphatic hydroxyl groups is 2. The highest BCUT2D eigenvalue weighted by Crippen LogP contribution is 2.42. The summed E-state index contributed by atoms with van der Waals surface area (Å²) in [5, 5.41) is 35.8. The second-order valence-corrected chi connectivity index (χ2v) is 12.8. The third-order valence-electron chi connectivity index (χ3n) is 8.50. The number of carboxylic acid groups (broad SMARTS) is 1. The van der Waals surface area contributed by atoms with Crippen LogP contribution >= 0.6 is 0 Å². The van der Waals surface area contributed by atoms with E-state index in [4.69, 9.17) is 9.84 Å². The fourth-order valence-corrected chi connectivity index (χ4v) is 6.19. The van der Waals surface area contributed by atoms with E-state index in [0.717, 1.165) is 5.56 Å². The van der Waals surface area contributed by atoms with Crippen molar-refractivity contribution in [2.75, 3.05) is 10.6 Å². The number of benzene rings is 4. The van der Waals surface area contributed by atoms with E-state index < -0.39 is 36.5 Å². The minimum atomic E-state index is -1.22. The predicted octanol–water partition coefficient (Wildman–Crippen LogP) is 8.06. The van der Waals surface area contributed by atoms with Gasteiger partial charge in [-0.2, -0.15) is 0 Å². The maximum Gasteiger partial charge on any atom is 0.411 e. The number of ether oxygens (including phenoxy) is 1. The largest absolute Gasteiger partial charge is 0.481 e. The quantitative estimate of drug-likeness (QED) is 0.0739. The molecule has 4 aromatic carbocycles. The van der Waals surface area contributed by atoms with Crippen LogP contribution < -0.4 is 10.6 Å². The van der Waals surface area contributed by atoms with Crippen LogP contribution in [0.4, 0.5) is 20.6 Å². The monoisotopic (exact) mass is 707 g/mol. The number of rotatable bonds is 15. The average Bonchev–Trinajstić information content (AvgIpc) is 3.47. The van der Waals surface area contributed by atoms with Crippen LogP contribution in [0.1, 0.15) is 60.6 Å². The number of nitrogens with one attached hydrogen (secondary N) is 2. The normalized spacial score (nSPS) is 12.3. The molecule has 5 rings (SSSR count). The van der Waals surface area contributed by atoms with Crippen molar-refractivity contribution in [2.45, 2.75) is 64.4 Å². The summed E-state index contributed by atoms with van der Waals surface area (Å²) in [5.41, 5.74) is 5.62. The molecule has 10 nitrogen and oxygen atoms in total. The SMILES string of the molecule is CC(C)c1c(C(=O)Nc2ccc(COC(=O)Nc3ccccc3)cc2)c(-c2ccccc2)c(-c2ccc(F)cc2)n1CC[C@@H](O)C[C@@H](O)CC(=O)O. The Morgan fingerprint density at radius 1 is 0.769 bits per heavy atom. The summed E-state index contributed by atoms with van der Waals surface area (Å²) in [5.74, 6) is -2.15. The van der Waals surface area contributed by atoms with Crippen LogP contribution in [-0.4, -0.2) is 50.1 Å². The van der Waals surface area contributed by atoms with Crippen LogP contribution in [-0.2, 0) is 22.7 Å². The molecule has 1 aromatic heterocycles. The number of amides is 2. The summed E-state index contributed by atoms with van der Waals surface area (Å²) >= 11 is 0. The molecular weight excluding hydrogens is 665 g/mol. The van der Waals surface area contributed by atoms with Gasteiger partial charge in [0.2, 0.25) is 0 Å². The Kier molecular flexibility index (Phi) is 12.6. The Bertz CT molecular complexity index is 1960. The number of anilines is 2. The lowest BCUT2D eigenvalue weighted by Gasteiger charge is -2.20. The van der Waals surface area contributed by atoms with E-state index in [1.54, 1.807) is 60.7 Å². The fourth-order valence-electron chi connectivity index (χ4n) is 6.19. The molecule has 0 fully saturated rings. The molecule has 11 heteroatoms. The summed E-state index contributed by atoms with van der Waals surface area (Å²) in [4.78, 5) is 37.8. The summed E-state index contributed by atoms with van der Waals surface area (Å²) in [6.07, 6.45) is -3.30. The number of para-hydroxylation sites is 1. The second-order valence-electron chi connectivity index (χ2n) is 12.8. The van der Waals surface area contributed by atoms with E-state index >= 15 is 0 Å². The van der Waals surface area contributed by atoms with Gasteiger partial charge in [0, 0.05) is 29.2 Å². The molecule has 270 valence electrons. The van der Waals surface area contributed by atoms with Gasteiger partial charge in [0.25, 0.3) is 5.91 Å². The minimum Gasteiger partial charge on any atom is -0.481 e. The lowest BCUT2D eigenvalue weighted by Crippen LogP contribution is -2.22. The number of carboxylic acids is 1. The Labute approximate surface area is 301 Å². The van der Waals surface area contributed by atoms with Gasteiger partial charge in [0.15, 0.2) is 0 Å². The van der Waals surface area contributed by atoms with Crippen molar-refractivity contribution in [3.8, 4) is 22.4 Å². The molecule has 2 atom stereocenters. The fraction of sp³-hybridized carbons (Fsp3) is 0.244. The summed E-state index contributed by atoms with van der Waals surface area (Å²) in [6, 6.07) is 31.3. The highest BCUT2D eigenvalue weighted by molar-refractivity contribution is 6.12. The molecule has 1 heterocycles. The molecule has 0 radical (unpaired) electrons. The number of hydrogen-bond acceptors (Lipinski definition) is 6. The molecule has 0 aliphatic heterocycles. The van der Waals surface area contributed by atoms with Gasteiger partial charge in [-0.1, -0.05) is 74.5 Å². The van der Waals surface area contributed by atoms with Crippen LogP contribution in [0.25, 0.3) is 22.4 Å². The van der Waals surface area contributed by atoms with Gasteiger partial charge in [0.1, 0.15) is 12.4 Å². The summed E-state index contributed by atoms with van der Waals surface area (Å²) in [6.45, 7) is 4.16. The maximum absolute atomic E-state index is 14.4. The number of aliphatic carboxylic acids is 1. The molecule has 52 heavy (non-hydrogen) atoms. The molecule has 5 aromatic rings. The second kappa shape index (κ2) is 17.4. The molecule has 0 bridgehead atoms. The van der Waals surface area contributed by atoms with Crippen molar-refractivity contribution >= 4 is 29.3 Å². The van der Waals surface area contributed by atoms with Crippen LogP contribution in [0, 0.1) is 5.82 Å². The first-order valence-electron chi connectivity index (χ1n) is 17.0. The van der Waals surface area contributed by atoms with Crippen LogP contribution in [0.5, 0.6) is 0 Å². The van der Waals surface area contributed by atoms with Crippen molar-refractivity contribution in [3.05, 3.63) is 132 Å². The summed E-state index contributed by atoms with van der Waals surface area (Å²) in [7, 11) is 0. The highest BCUT2D eigenvalue weighted by Gasteiger charge is 2.31. The van der Waals surface area contributed by atoms with Crippen LogP contribution in [0.3, 0.4) is 0 Å². The average molecular weight is 708 g/mol. The zero-order chi connectivity index (χ0) is 37.2. The van der Waals surface area contributed by atoms with Crippen LogP contribution in [0.2, 0.25) is 0 Å². The van der Waals surface area contributed by atoms with Gasteiger partial charge in [0.05, 0.1) is 29.9 Å². The Morgan fingerprint density at radius 2 is 1.38 bits per heavy atom. The number of nitrogens with zero attached hydrogens (tertiary/aromatic N) is 1. The van der Waals surface area contributed by atoms with Crippen molar-refractivity contribution in [1.82, 2.24) is 4.57 Å². The van der Waals surface area contributed by atoms with Crippen LogP contribution in [0.15, 0.2) is 109 Å². The van der Waals surface area contributed by atoms with Gasteiger partial charge < -0.3 is 29.9 Å². The number of hydrogen-bond donors (Lipinski definition) is 5. The Balaban J connectivity index is 1.48. The van der Waals surface area contributed by atoms with Gasteiger partial charge in [-0.25, -0.2) is 9.18 Å². The number of aliphatic hydroxyl groups excluding tert-OH is 2. The third kappa shape index (κ3) is 9.71. The van der Waals surface area contributed by atoms with Gasteiger partial charge in [-0.3, -0.25) is 14.9 Å². The zero-order valence-corrected chi connectivity index (χ0v) is 29.0. The van der Waals surface area contributed by atoms with E-state index in [0.29, 0.717) is 45.0 Å². The first-order valence-corrected chi connectivity index (χ1v) is 17.0. The first kappa shape index (κ1) is 37.5. The molecular formula is C41H42FN3O7. The molecule has 0 spiro atoms. The molecule has 0 unspecified atom stereocenters. The van der Waals surface area contributed by atoms with Gasteiger partial charge >= 0.3 is 12.1 Å².